The highest BCUT2D eigenvalue weighted by molar-refractivity contribution is 5.36. The molecule has 1 saturated carbocycles. The third kappa shape index (κ3) is 3.44. The standard InChI is InChI=1S/C11H19N5O/c1-12-9-13-10(16(2)3)15-11(14-9)17-7-6-8-4-5-8/h8H,4-7H2,1-3H3,(H,12,13,14,15). The molecule has 0 unspecified atom stereocenters. The van der Waals surface area contributed by atoms with E-state index in [9.17, 15) is 0 Å². The summed E-state index contributed by atoms with van der Waals surface area (Å²) in [4.78, 5) is 14.5. The van der Waals surface area contributed by atoms with Gasteiger partial charge in [0.05, 0.1) is 6.61 Å². The van der Waals surface area contributed by atoms with Gasteiger partial charge in [-0.15, -0.1) is 0 Å². The summed E-state index contributed by atoms with van der Waals surface area (Å²) in [7, 11) is 5.56. The van der Waals surface area contributed by atoms with E-state index in [1.807, 2.05) is 19.0 Å². The summed E-state index contributed by atoms with van der Waals surface area (Å²) in [5.41, 5.74) is 0. The number of hydrogen-bond acceptors (Lipinski definition) is 6. The van der Waals surface area contributed by atoms with Gasteiger partial charge in [0.2, 0.25) is 11.9 Å². The SMILES string of the molecule is CNc1nc(OCCC2CC2)nc(N(C)C)n1. The third-order valence-electron chi connectivity index (χ3n) is 2.68. The van der Waals surface area contributed by atoms with Crippen LogP contribution >= 0.6 is 0 Å². The topological polar surface area (TPSA) is 63.2 Å². The van der Waals surface area contributed by atoms with Crippen LogP contribution in [-0.4, -0.2) is 42.7 Å². The van der Waals surface area contributed by atoms with Crippen molar-refractivity contribution in [3.8, 4) is 6.01 Å². The summed E-state index contributed by atoms with van der Waals surface area (Å²) >= 11 is 0. The molecule has 6 heteroatoms. The average molecular weight is 237 g/mol. The molecule has 94 valence electrons. The van der Waals surface area contributed by atoms with Gasteiger partial charge in [-0.1, -0.05) is 12.8 Å². The number of anilines is 2. The van der Waals surface area contributed by atoms with E-state index in [0.717, 1.165) is 12.3 Å². The maximum atomic E-state index is 5.56. The van der Waals surface area contributed by atoms with Gasteiger partial charge < -0.3 is 15.0 Å². The van der Waals surface area contributed by atoms with Gasteiger partial charge in [-0.05, 0) is 12.3 Å². The second kappa shape index (κ2) is 5.16. The average Bonchev–Trinajstić information content (AvgIpc) is 3.12. The molecule has 0 radical (unpaired) electrons. The van der Waals surface area contributed by atoms with Crippen LogP contribution in [0.5, 0.6) is 6.01 Å². The van der Waals surface area contributed by atoms with Crippen molar-refractivity contribution in [3.63, 3.8) is 0 Å². The van der Waals surface area contributed by atoms with Crippen LogP contribution in [0, 0.1) is 5.92 Å². The smallest absolute Gasteiger partial charge is 0.323 e. The summed E-state index contributed by atoms with van der Waals surface area (Å²) in [6.45, 7) is 0.685. The molecule has 1 aliphatic rings. The highest BCUT2D eigenvalue weighted by Gasteiger charge is 2.21. The molecule has 1 N–H and O–H groups in total. The molecule has 1 aromatic rings. The van der Waals surface area contributed by atoms with E-state index in [0.29, 0.717) is 24.5 Å². The van der Waals surface area contributed by atoms with Gasteiger partial charge >= 0.3 is 6.01 Å². The molecule has 1 aliphatic carbocycles. The van der Waals surface area contributed by atoms with E-state index < -0.39 is 0 Å². The maximum Gasteiger partial charge on any atom is 0.323 e. The minimum Gasteiger partial charge on any atom is -0.463 e. The van der Waals surface area contributed by atoms with E-state index in [1.165, 1.54) is 12.8 Å². The summed E-state index contributed by atoms with van der Waals surface area (Å²) in [5.74, 6) is 1.99. The number of rotatable bonds is 6. The maximum absolute atomic E-state index is 5.56. The Bertz CT molecular complexity index is 378. The Kier molecular flexibility index (Phi) is 3.61. The zero-order valence-electron chi connectivity index (χ0n) is 10.6. The molecule has 1 heterocycles. The fourth-order valence-corrected chi connectivity index (χ4v) is 1.45. The lowest BCUT2D eigenvalue weighted by Gasteiger charge is -2.12. The molecule has 1 aromatic heterocycles. The van der Waals surface area contributed by atoms with Gasteiger partial charge in [0, 0.05) is 21.1 Å². The first-order valence-electron chi connectivity index (χ1n) is 5.93. The van der Waals surface area contributed by atoms with Crippen molar-refractivity contribution >= 4 is 11.9 Å². The van der Waals surface area contributed by atoms with Gasteiger partial charge in [-0.2, -0.15) is 15.0 Å². The molecular weight excluding hydrogens is 218 g/mol. The minimum atomic E-state index is 0.397. The largest absolute Gasteiger partial charge is 0.463 e. The monoisotopic (exact) mass is 237 g/mol. The fourth-order valence-electron chi connectivity index (χ4n) is 1.45. The van der Waals surface area contributed by atoms with Crippen LogP contribution in [0.1, 0.15) is 19.3 Å². The van der Waals surface area contributed by atoms with E-state index in [1.54, 1.807) is 7.05 Å². The van der Waals surface area contributed by atoms with Gasteiger partial charge in [0.1, 0.15) is 0 Å². The number of aromatic nitrogens is 3. The Balaban J connectivity index is 2.00. The van der Waals surface area contributed by atoms with E-state index >= 15 is 0 Å². The number of hydrogen-bond donors (Lipinski definition) is 1. The Labute approximate surface area is 101 Å². The van der Waals surface area contributed by atoms with Crippen molar-refractivity contribution in [3.05, 3.63) is 0 Å². The molecule has 0 atom stereocenters. The highest BCUT2D eigenvalue weighted by atomic mass is 16.5. The molecule has 2 rings (SSSR count). The molecule has 0 bridgehead atoms. The Morgan fingerprint density at radius 1 is 1.29 bits per heavy atom. The van der Waals surface area contributed by atoms with Gasteiger partial charge in [-0.3, -0.25) is 0 Å². The Morgan fingerprint density at radius 3 is 2.65 bits per heavy atom. The first-order chi connectivity index (χ1) is 8.19. The Morgan fingerprint density at radius 2 is 2.06 bits per heavy atom. The summed E-state index contributed by atoms with van der Waals surface area (Å²) in [5, 5.41) is 2.91. The lowest BCUT2D eigenvalue weighted by Crippen LogP contribution is -2.15. The van der Waals surface area contributed by atoms with Gasteiger partial charge in [0.25, 0.3) is 0 Å². The van der Waals surface area contributed by atoms with Crippen LogP contribution in [0.4, 0.5) is 11.9 Å². The van der Waals surface area contributed by atoms with Crippen LogP contribution in [0.25, 0.3) is 0 Å². The quantitative estimate of drug-likeness (QED) is 0.801. The zero-order chi connectivity index (χ0) is 12.3. The number of nitrogens with one attached hydrogen (secondary N) is 1. The van der Waals surface area contributed by atoms with Gasteiger partial charge in [0.15, 0.2) is 0 Å². The van der Waals surface area contributed by atoms with Crippen LogP contribution in [-0.2, 0) is 0 Å². The molecular formula is C11H19N5O. The first-order valence-corrected chi connectivity index (χ1v) is 5.93. The molecule has 0 aromatic carbocycles. The molecule has 1 fully saturated rings. The van der Waals surface area contributed by atoms with Crippen molar-refractivity contribution in [2.45, 2.75) is 19.3 Å². The van der Waals surface area contributed by atoms with Crippen molar-refractivity contribution in [2.24, 2.45) is 5.92 Å². The molecule has 17 heavy (non-hydrogen) atoms. The predicted molar refractivity (Wildman–Crippen MR) is 66.5 cm³/mol. The molecule has 0 saturated heterocycles. The summed E-state index contributed by atoms with van der Waals surface area (Å²) in [6, 6.07) is 0.397. The van der Waals surface area contributed by atoms with Crippen molar-refractivity contribution < 1.29 is 4.74 Å². The van der Waals surface area contributed by atoms with Crippen LogP contribution in [0.2, 0.25) is 0 Å². The third-order valence-corrected chi connectivity index (χ3v) is 2.68. The lowest BCUT2D eigenvalue weighted by molar-refractivity contribution is 0.279. The Hall–Kier alpha value is -1.59. The highest BCUT2D eigenvalue weighted by Crippen LogP contribution is 2.32. The molecule has 6 nitrogen and oxygen atoms in total. The number of ether oxygens (including phenoxy) is 1. The van der Waals surface area contributed by atoms with Crippen molar-refractivity contribution in [1.82, 2.24) is 15.0 Å². The summed E-state index contributed by atoms with van der Waals surface area (Å²) < 4.78 is 5.56. The molecule has 0 spiro atoms. The second-order valence-corrected chi connectivity index (χ2v) is 4.47. The predicted octanol–water partition coefficient (Wildman–Crippen LogP) is 1.16. The van der Waals surface area contributed by atoms with E-state index in [-0.39, 0.29) is 0 Å². The lowest BCUT2D eigenvalue weighted by atomic mass is 10.3. The summed E-state index contributed by atoms with van der Waals surface area (Å²) in [6.07, 6.45) is 3.77. The van der Waals surface area contributed by atoms with Crippen molar-refractivity contribution in [1.29, 1.82) is 0 Å². The van der Waals surface area contributed by atoms with Crippen LogP contribution in [0.3, 0.4) is 0 Å². The number of nitrogens with zero attached hydrogens (tertiary/aromatic N) is 4. The fraction of sp³-hybridized carbons (Fsp3) is 0.727. The zero-order valence-corrected chi connectivity index (χ0v) is 10.6. The van der Waals surface area contributed by atoms with E-state index in [4.69, 9.17) is 4.74 Å². The van der Waals surface area contributed by atoms with E-state index in [2.05, 4.69) is 20.3 Å². The van der Waals surface area contributed by atoms with Crippen LogP contribution < -0.4 is 15.0 Å². The molecule has 0 amide bonds. The van der Waals surface area contributed by atoms with Gasteiger partial charge in [-0.25, -0.2) is 0 Å². The minimum absolute atomic E-state index is 0.397. The second-order valence-electron chi connectivity index (χ2n) is 4.47. The first kappa shape index (κ1) is 11.9. The van der Waals surface area contributed by atoms with Crippen LogP contribution in [0.15, 0.2) is 0 Å². The molecule has 0 aliphatic heterocycles. The van der Waals surface area contributed by atoms with Crippen molar-refractivity contribution in [2.75, 3.05) is 38.0 Å². The normalized spacial score (nSPS) is 14.5.